The highest BCUT2D eigenvalue weighted by Gasteiger charge is 2.05. The zero-order chi connectivity index (χ0) is 13.0. The van der Waals surface area contributed by atoms with Gasteiger partial charge in [-0.1, -0.05) is 24.3 Å². The summed E-state index contributed by atoms with van der Waals surface area (Å²) in [5, 5.41) is 0. The van der Waals surface area contributed by atoms with Crippen LogP contribution in [0.15, 0.2) is 62.5 Å². The smallest absolute Gasteiger partial charge is 0.111 e. The topological polar surface area (TPSA) is 42.3 Å². The van der Waals surface area contributed by atoms with E-state index in [1.807, 2.05) is 42.5 Å². The Morgan fingerprint density at radius 1 is 1.22 bits per heavy atom. The first kappa shape index (κ1) is 13.2. The van der Waals surface area contributed by atoms with Crippen molar-refractivity contribution in [3.63, 3.8) is 0 Å². The first-order valence-electron chi connectivity index (χ1n) is 5.42. The number of halogens is 1. The monoisotopic (exact) mass is 324 g/mol. The number of aromatic nitrogens is 1. The van der Waals surface area contributed by atoms with Gasteiger partial charge in [0.15, 0.2) is 0 Å². The zero-order valence-corrected chi connectivity index (χ0v) is 12.3. The maximum Gasteiger partial charge on any atom is 0.111 e. The second-order valence-electron chi connectivity index (χ2n) is 3.86. The van der Waals surface area contributed by atoms with Gasteiger partial charge in [-0.15, -0.1) is 0 Å². The van der Waals surface area contributed by atoms with Gasteiger partial charge in [0, 0.05) is 22.9 Å². The Kier molecular flexibility index (Phi) is 4.14. The van der Waals surface area contributed by atoms with Crippen molar-refractivity contribution in [2.24, 2.45) is 4.36 Å². The van der Waals surface area contributed by atoms with Crippen molar-refractivity contribution < 1.29 is 4.21 Å². The Bertz CT molecular complexity index is 649. The van der Waals surface area contributed by atoms with Crippen LogP contribution in [-0.4, -0.2) is 15.4 Å². The standard InChI is InChI=1S/C13H13BrN2OS/c1-18(17,12-7-3-2-4-8-12)16-10-11-6-5-9-15-13(11)14/h2-9H,10H2,1H3. The van der Waals surface area contributed by atoms with E-state index < -0.39 is 9.73 Å². The molecule has 0 N–H and O–H groups in total. The zero-order valence-electron chi connectivity index (χ0n) is 9.91. The van der Waals surface area contributed by atoms with Gasteiger partial charge in [0.05, 0.1) is 16.3 Å². The predicted molar refractivity (Wildman–Crippen MR) is 76.8 cm³/mol. The van der Waals surface area contributed by atoms with E-state index in [0.717, 1.165) is 15.1 Å². The van der Waals surface area contributed by atoms with Crippen LogP contribution in [-0.2, 0) is 16.3 Å². The third-order valence-electron chi connectivity index (χ3n) is 2.50. The van der Waals surface area contributed by atoms with Gasteiger partial charge in [0.25, 0.3) is 0 Å². The molecule has 0 spiro atoms. The summed E-state index contributed by atoms with van der Waals surface area (Å²) in [4.78, 5) is 4.87. The summed E-state index contributed by atoms with van der Waals surface area (Å²) < 4.78 is 17.5. The minimum absolute atomic E-state index is 0.388. The van der Waals surface area contributed by atoms with Gasteiger partial charge in [0.1, 0.15) is 4.60 Å². The van der Waals surface area contributed by atoms with Crippen LogP contribution in [0.3, 0.4) is 0 Å². The van der Waals surface area contributed by atoms with E-state index in [0.29, 0.717) is 6.54 Å². The molecule has 0 fully saturated rings. The van der Waals surface area contributed by atoms with Crippen molar-refractivity contribution in [1.29, 1.82) is 0 Å². The van der Waals surface area contributed by atoms with E-state index in [1.54, 1.807) is 12.5 Å². The van der Waals surface area contributed by atoms with Crippen LogP contribution < -0.4 is 0 Å². The number of benzene rings is 1. The average molecular weight is 325 g/mol. The normalized spacial score (nSPS) is 13.9. The molecule has 0 aliphatic heterocycles. The van der Waals surface area contributed by atoms with Crippen LogP contribution in [0, 0.1) is 0 Å². The molecule has 0 amide bonds. The van der Waals surface area contributed by atoms with Gasteiger partial charge in [-0.3, -0.25) is 0 Å². The third kappa shape index (κ3) is 3.17. The van der Waals surface area contributed by atoms with E-state index in [9.17, 15) is 4.21 Å². The molecule has 2 rings (SSSR count). The molecule has 0 aliphatic rings. The number of rotatable bonds is 3. The molecule has 1 atom stereocenters. The highest BCUT2D eigenvalue weighted by atomic mass is 79.9. The van der Waals surface area contributed by atoms with Gasteiger partial charge < -0.3 is 0 Å². The summed E-state index contributed by atoms with van der Waals surface area (Å²) in [5.41, 5.74) is 0.933. The molecule has 0 saturated heterocycles. The van der Waals surface area contributed by atoms with E-state index in [-0.39, 0.29) is 0 Å². The van der Waals surface area contributed by atoms with Gasteiger partial charge >= 0.3 is 0 Å². The molecule has 1 unspecified atom stereocenters. The molecule has 3 nitrogen and oxygen atoms in total. The summed E-state index contributed by atoms with van der Waals surface area (Å²) >= 11 is 3.36. The Morgan fingerprint density at radius 2 is 1.94 bits per heavy atom. The van der Waals surface area contributed by atoms with Crippen LogP contribution >= 0.6 is 15.9 Å². The first-order valence-corrected chi connectivity index (χ1v) is 8.13. The van der Waals surface area contributed by atoms with Crippen molar-refractivity contribution in [2.45, 2.75) is 11.4 Å². The predicted octanol–water partition coefficient (Wildman–Crippen LogP) is 3.50. The summed E-state index contributed by atoms with van der Waals surface area (Å²) in [6.07, 6.45) is 3.36. The van der Waals surface area contributed by atoms with Gasteiger partial charge in [-0.05, 0) is 34.1 Å². The van der Waals surface area contributed by atoms with Gasteiger partial charge in [-0.2, -0.15) is 0 Å². The molecule has 2 aromatic rings. The van der Waals surface area contributed by atoms with E-state index in [2.05, 4.69) is 25.3 Å². The Hall–Kier alpha value is -1.20. The van der Waals surface area contributed by atoms with Crippen LogP contribution in [0.25, 0.3) is 0 Å². The minimum atomic E-state index is -2.35. The first-order chi connectivity index (χ1) is 8.59. The van der Waals surface area contributed by atoms with Crippen molar-refractivity contribution >= 4 is 25.7 Å². The highest BCUT2D eigenvalue weighted by Crippen LogP contribution is 2.16. The summed E-state index contributed by atoms with van der Waals surface area (Å²) in [6, 6.07) is 13.1. The van der Waals surface area contributed by atoms with E-state index in [1.165, 1.54) is 0 Å². The molecule has 0 aliphatic carbocycles. The van der Waals surface area contributed by atoms with Crippen LogP contribution in [0.1, 0.15) is 5.56 Å². The maximum absolute atomic E-state index is 12.5. The minimum Gasteiger partial charge on any atom is -0.249 e. The lowest BCUT2D eigenvalue weighted by atomic mass is 10.3. The van der Waals surface area contributed by atoms with E-state index >= 15 is 0 Å². The van der Waals surface area contributed by atoms with Gasteiger partial charge in [0.2, 0.25) is 0 Å². The number of pyridine rings is 1. The second kappa shape index (κ2) is 5.63. The molecule has 94 valence electrons. The lowest BCUT2D eigenvalue weighted by molar-refractivity contribution is 0.678. The third-order valence-corrected chi connectivity index (χ3v) is 4.98. The molecule has 18 heavy (non-hydrogen) atoms. The molecular weight excluding hydrogens is 312 g/mol. The summed E-state index contributed by atoms with van der Waals surface area (Å²) in [5.74, 6) is 0. The lowest BCUT2D eigenvalue weighted by Gasteiger charge is -2.05. The maximum atomic E-state index is 12.5. The van der Waals surface area contributed by atoms with Crippen molar-refractivity contribution in [3.8, 4) is 0 Å². The second-order valence-corrected chi connectivity index (χ2v) is 6.94. The number of hydrogen-bond donors (Lipinski definition) is 0. The Balaban J connectivity index is 2.30. The number of nitrogens with zero attached hydrogens (tertiary/aromatic N) is 2. The SMILES string of the molecule is CS(=O)(=NCc1cccnc1Br)c1ccccc1. The van der Waals surface area contributed by atoms with Crippen LogP contribution in [0.2, 0.25) is 0 Å². The fraction of sp³-hybridized carbons (Fsp3) is 0.154. The van der Waals surface area contributed by atoms with E-state index in [4.69, 9.17) is 0 Å². The quantitative estimate of drug-likeness (QED) is 0.811. The molecule has 0 bridgehead atoms. The highest BCUT2D eigenvalue weighted by molar-refractivity contribution is 9.10. The summed E-state index contributed by atoms with van der Waals surface area (Å²) in [6.45, 7) is 0.388. The molecule has 0 saturated carbocycles. The molecule has 1 aromatic carbocycles. The molecule has 1 aromatic heterocycles. The van der Waals surface area contributed by atoms with Crippen molar-refractivity contribution in [3.05, 3.63) is 58.8 Å². The molecule has 5 heteroatoms. The largest absolute Gasteiger partial charge is 0.249 e. The van der Waals surface area contributed by atoms with Crippen LogP contribution in [0.4, 0.5) is 0 Å². The Morgan fingerprint density at radius 3 is 2.61 bits per heavy atom. The molecule has 0 radical (unpaired) electrons. The number of hydrogen-bond acceptors (Lipinski definition) is 3. The lowest BCUT2D eigenvalue weighted by Crippen LogP contribution is -1.98. The fourth-order valence-corrected chi connectivity index (χ4v) is 3.05. The fourth-order valence-electron chi connectivity index (χ4n) is 1.48. The summed E-state index contributed by atoms with van der Waals surface area (Å²) in [7, 11) is -2.35. The molecule has 1 heterocycles. The Labute approximate surface area is 116 Å². The van der Waals surface area contributed by atoms with Crippen molar-refractivity contribution in [1.82, 2.24) is 4.98 Å². The van der Waals surface area contributed by atoms with Gasteiger partial charge in [-0.25, -0.2) is 13.6 Å². The average Bonchev–Trinajstić information content (AvgIpc) is 2.39. The van der Waals surface area contributed by atoms with Crippen LogP contribution in [0.5, 0.6) is 0 Å². The van der Waals surface area contributed by atoms with Crippen molar-refractivity contribution in [2.75, 3.05) is 6.26 Å². The molecular formula is C13H13BrN2OS.